The maximum Gasteiger partial charge on any atom is 0.443 e. The smallest absolute Gasteiger partial charge is 0.443 e. The molecule has 2 N–H and O–H groups in total. The number of thiazole rings is 1. The summed E-state index contributed by atoms with van der Waals surface area (Å²) in [6.07, 6.45) is -2.83. The first-order valence-electron chi connectivity index (χ1n) is 5.59. The summed E-state index contributed by atoms with van der Waals surface area (Å²) in [5, 5.41) is 10.9. The van der Waals surface area contributed by atoms with Crippen LogP contribution < -0.4 is 5.32 Å². The van der Waals surface area contributed by atoms with Gasteiger partial charge in [-0.15, -0.1) is 11.3 Å². The molecule has 4 nitrogen and oxygen atoms in total. The molecule has 1 heterocycles. The number of hydrogen-bond donors (Lipinski definition) is 2. The van der Waals surface area contributed by atoms with Crippen LogP contribution in [-0.4, -0.2) is 22.6 Å². The van der Waals surface area contributed by atoms with Gasteiger partial charge in [0.05, 0.1) is 5.41 Å². The Hall–Kier alpha value is -1.15. The Morgan fingerprint density at radius 2 is 2.11 bits per heavy atom. The first-order valence-corrected chi connectivity index (χ1v) is 6.40. The number of rotatable bonds is 6. The number of hydrogen-bond acceptors (Lipinski definition) is 4. The molecule has 19 heavy (non-hydrogen) atoms. The first-order chi connectivity index (χ1) is 8.63. The first kappa shape index (κ1) is 15.9. The van der Waals surface area contributed by atoms with E-state index in [2.05, 4.69) is 10.3 Å². The van der Waals surface area contributed by atoms with Gasteiger partial charge in [0, 0.05) is 17.6 Å². The van der Waals surface area contributed by atoms with E-state index in [1.165, 1.54) is 6.20 Å². The molecule has 0 aromatic carbocycles. The van der Waals surface area contributed by atoms with Crippen molar-refractivity contribution in [3.63, 3.8) is 0 Å². The van der Waals surface area contributed by atoms with Gasteiger partial charge in [0.15, 0.2) is 5.01 Å². The highest BCUT2D eigenvalue weighted by Gasteiger charge is 2.34. The van der Waals surface area contributed by atoms with Crippen LogP contribution in [0.4, 0.5) is 13.2 Å². The van der Waals surface area contributed by atoms with E-state index in [0.29, 0.717) is 29.2 Å². The van der Waals surface area contributed by atoms with Gasteiger partial charge in [-0.1, -0.05) is 0 Å². The number of carboxylic acids is 1. The SMILES string of the molecule is CC(C)(CCNCc1cnc(C(F)(F)F)s1)C(=O)O. The Labute approximate surface area is 112 Å². The average Bonchev–Trinajstić information content (AvgIpc) is 2.72. The van der Waals surface area contributed by atoms with Crippen LogP contribution >= 0.6 is 11.3 Å². The van der Waals surface area contributed by atoms with Gasteiger partial charge in [-0.3, -0.25) is 4.79 Å². The van der Waals surface area contributed by atoms with E-state index in [9.17, 15) is 18.0 Å². The minimum absolute atomic E-state index is 0.253. The molecular formula is C11H15F3N2O2S. The summed E-state index contributed by atoms with van der Waals surface area (Å²) in [5.74, 6) is -0.897. The van der Waals surface area contributed by atoms with Crippen molar-refractivity contribution in [1.82, 2.24) is 10.3 Å². The van der Waals surface area contributed by atoms with Gasteiger partial charge in [0.2, 0.25) is 0 Å². The molecule has 0 amide bonds. The van der Waals surface area contributed by atoms with E-state index >= 15 is 0 Å². The normalized spacial score (nSPS) is 12.7. The van der Waals surface area contributed by atoms with Gasteiger partial charge < -0.3 is 10.4 Å². The third-order valence-corrected chi connectivity index (χ3v) is 3.64. The van der Waals surface area contributed by atoms with Gasteiger partial charge in [0.25, 0.3) is 0 Å². The molecule has 0 radical (unpaired) electrons. The predicted octanol–water partition coefficient (Wildman–Crippen LogP) is 2.75. The fourth-order valence-electron chi connectivity index (χ4n) is 1.24. The largest absolute Gasteiger partial charge is 0.481 e. The molecule has 108 valence electrons. The van der Waals surface area contributed by atoms with Crippen LogP contribution in [0.5, 0.6) is 0 Å². The van der Waals surface area contributed by atoms with E-state index in [1.54, 1.807) is 13.8 Å². The Morgan fingerprint density at radius 3 is 2.58 bits per heavy atom. The summed E-state index contributed by atoms with van der Waals surface area (Å²) in [5.41, 5.74) is -0.849. The Kier molecular flexibility index (Phi) is 4.92. The van der Waals surface area contributed by atoms with Gasteiger partial charge in [-0.25, -0.2) is 4.98 Å². The third-order valence-electron chi connectivity index (χ3n) is 2.60. The zero-order valence-corrected chi connectivity index (χ0v) is 11.4. The summed E-state index contributed by atoms with van der Waals surface area (Å²) in [6.45, 7) is 3.87. The van der Waals surface area contributed by atoms with E-state index in [4.69, 9.17) is 5.11 Å². The van der Waals surface area contributed by atoms with Crippen molar-refractivity contribution in [3.05, 3.63) is 16.1 Å². The number of nitrogens with zero attached hydrogens (tertiary/aromatic N) is 1. The summed E-state index contributed by atoms with van der Waals surface area (Å²) >= 11 is 0.589. The highest BCUT2D eigenvalue weighted by Crippen LogP contribution is 2.32. The molecule has 0 aliphatic heterocycles. The van der Waals surface area contributed by atoms with Crippen molar-refractivity contribution in [2.75, 3.05) is 6.54 Å². The molecule has 0 bridgehead atoms. The second-order valence-electron chi connectivity index (χ2n) is 4.75. The van der Waals surface area contributed by atoms with Crippen LogP contribution in [0.25, 0.3) is 0 Å². The van der Waals surface area contributed by atoms with Crippen molar-refractivity contribution in [1.29, 1.82) is 0 Å². The standard InChI is InChI=1S/C11H15F3N2O2S/c1-10(2,9(17)18)3-4-15-5-7-6-16-8(19-7)11(12,13)14/h6,15H,3-5H2,1-2H3,(H,17,18). The maximum absolute atomic E-state index is 12.3. The highest BCUT2D eigenvalue weighted by molar-refractivity contribution is 7.11. The molecule has 0 fully saturated rings. The minimum Gasteiger partial charge on any atom is -0.481 e. The lowest BCUT2D eigenvalue weighted by molar-refractivity contribution is -0.147. The number of carboxylic acid groups (broad SMARTS) is 1. The molecule has 1 aromatic rings. The average molecular weight is 296 g/mol. The van der Waals surface area contributed by atoms with Gasteiger partial charge in [-0.05, 0) is 26.8 Å². The number of nitrogens with one attached hydrogen (secondary N) is 1. The molecular weight excluding hydrogens is 281 g/mol. The molecule has 1 rings (SSSR count). The maximum atomic E-state index is 12.3. The third kappa shape index (κ3) is 4.79. The number of aromatic nitrogens is 1. The molecule has 0 aliphatic carbocycles. The molecule has 8 heteroatoms. The van der Waals surface area contributed by atoms with E-state index in [-0.39, 0.29) is 6.54 Å². The number of aliphatic carboxylic acids is 1. The lowest BCUT2D eigenvalue weighted by Crippen LogP contribution is -2.28. The molecule has 1 aromatic heterocycles. The van der Waals surface area contributed by atoms with Crippen molar-refractivity contribution >= 4 is 17.3 Å². The van der Waals surface area contributed by atoms with Gasteiger partial charge in [0.1, 0.15) is 0 Å². The summed E-state index contributed by atoms with van der Waals surface area (Å²) in [4.78, 5) is 14.6. The molecule has 0 spiro atoms. The summed E-state index contributed by atoms with van der Waals surface area (Å²) in [6, 6.07) is 0. The fraction of sp³-hybridized carbons (Fsp3) is 0.636. The van der Waals surface area contributed by atoms with Gasteiger partial charge in [-0.2, -0.15) is 13.2 Å². The Bertz CT molecular complexity index is 443. The quantitative estimate of drug-likeness (QED) is 0.792. The number of alkyl halides is 3. The van der Waals surface area contributed by atoms with Crippen LogP contribution in [0.1, 0.15) is 30.2 Å². The number of carbonyl (C=O) groups is 1. The molecule has 0 saturated heterocycles. The Balaban J connectivity index is 2.38. The molecule has 0 saturated carbocycles. The molecule has 0 unspecified atom stereocenters. The van der Waals surface area contributed by atoms with Crippen molar-refractivity contribution in [3.8, 4) is 0 Å². The van der Waals surface area contributed by atoms with Crippen molar-refractivity contribution in [2.24, 2.45) is 5.41 Å². The van der Waals surface area contributed by atoms with Gasteiger partial charge >= 0.3 is 12.1 Å². The second-order valence-corrected chi connectivity index (χ2v) is 5.86. The van der Waals surface area contributed by atoms with Crippen LogP contribution in [-0.2, 0) is 17.5 Å². The zero-order valence-electron chi connectivity index (χ0n) is 10.5. The van der Waals surface area contributed by atoms with E-state index in [0.717, 1.165) is 0 Å². The lowest BCUT2D eigenvalue weighted by Gasteiger charge is -2.18. The molecule has 0 aliphatic rings. The minimum atomic E-state index is -4.41. The molecule has 0 atom stereocenters. The van der Waals surface area contributed by atoms with Crippen molar-refractivity contribution < 1.29 is 23.1 Å². The van der Waals surface area contributed by atoms with Crippen LogP contribution in [0.15, 0.2) is 6.20 Å². The fourth-order valence-corrected chi connectivity index (χ4v) is 1.99. The predicted molar refractivity (Wildman–Crippen MR) is 64.9 cm³/mol. The summed E-state index contributed by atoms with van der Waals surface area (Å²) < 4.78 is 36.9. The van der Waals surface area contributed by atoms with Crippen molar-refractivity contribution in [2.45, 2.75) is 33.0 Å². The van der Waals surface area contributed by atoms with Crippen LogP contribution in [0.3, 0.4) is 0 Å². The number of halogens is 3. The van der Waals surface area contributed by atoms with E-state index < -0.39 is 22.6 Å². The highest BCUT2D eigenvalue weighted by atomic mass is 32.1. The Morgan fingerprint density at radius 1 is 1.47 bits per heavy atom. The zero-order chi connectivity index (χ0) is 14.7. The second kappa shape index (κ2) is 5.87. The topological polar surface area (TPSA) is 62.2 Å². The van der Waals surface area contributed by atoms with Crippen LogP contribution in [0, 0.1) is 5.41 Å². The monoisotopic (exact) mass is 296 g/mol. The van der Waals surface area contributed by atoms with E-state index in [1.807, 2.05) is 0 Å². The summed E-state index contributed by atoms with van der Waals surface area (Å²) in [7, 11) is 0. The van der Waals surface area contributed by atoms with Crippen LogP contribution in [0.2, 0.25) is 0 Å². The lowest BCUT2D eigenvalue weighted by atomic mass is 9.90.